The van der Waals surface area contributed by atoms with Gasteiger partial charge in [-0.05, 0) is 71.8 Å². The van der Waals surface area contributed by atoms with Gasteiger partial charge in [0.15, 0.2) is 0 Å². The van der Waals surface area contributed by atoms with Crippen molar-refractivity contribution in [3.05, 3.63) is 95.1 Å². The van der Waals surface area contributed by atoms with Gasteiger partial charge in [0.1, 0.15) is 21.3 Å². The number of sulfonamides is 2. The predicted octanol–water partition coefficient (Wildman–Crippen LogP) is 1.61. The van der Waals surface area contributed by atoms with Crippen molar-refractivity contribution < 1.29 is 82.3 Å². The van der Waals surface area contributed by atoms with E-state index in [2.05, 4.69) is 10.6 Å². The maximum atomic E-state index is 13.6. The molecule has 4 aromatic carbocycles. The SMILES string of the molecule is COc1ccc(C(=O)Nc2ccc(C(C)c3ccc(NC(=O)c4ccc(OC)c(S(=O)(=O)N5CCSCC5(O)O)c4)cc3S(=O)(=O)O)c(S(=O)(=O)O)c2)cc1S(=O)(=O)N1CCSCC1(O)O. The summed E-state index contributed by atoms with van der Waals surface area (Å²) < 4.78 is 137. The summed E-state index contributed by atoms with van der Waals surface area (Å²) in [6, 6.07) is 12.8. The van der Waals surface area contributed by atoms with Crippen molar-refractivity contribution in [1.82, 2.24) is 8.61 Å². The maximum Gasteiger partial charge on any atom is 0.294 e. The van der Waals surface area contributed by atoms with Crippen LogP contribution in [-0.4, -0.2) is 146 Å². The maximum absolute atomic E-state index is 13.6. The molecule has 2 amide bonds. The van der Waals surface area contributed by atoms with E-state index in [0.717, 1.165) is 86.3 Å². The number of amides is 2. The molecule has 22 nitrogen and oxygen atoms in total. The molecular formula is C38H42N4O18S6. The Morgan fingerprint density at radius 2 is 0.955 bits per heavy atom. The number of thioether (sulfide) groups is 2. The van der Waals surface area contributed by atoms with E-state index in [9.17, 15) is 72.8 Å². The molecule has 28 heteroatoms. The van der Waals surface area contributed by atoms with Crippen LogP contribution in [0, 0.1) is 0 Å². The average molecular weight is 1040 g/mol. The Bertz CT molecular complexity index is 2840. The highest BCUT2D eigenvalue weighted by Gasteiger charge is 2.46. The van der Waals surface area contributed by atoms with Crippen molar-refractivity contribution in [3.63, 3.8) is 0 Å². The van der Waals surface area contributed by atoms with E-state index in [1.165, 1.54) is 31.2 Å². The first-order valence-electron chi connectivity index (χ1n) is 19.0. The summed E-state index contributed by atoms with van der Waals surface area (Å²) in [7, 11) is -17.4. The van der Waals surface area contributed by atoms with Gasteiger partial charge in [-0.15, -0.1) is 8.61 Å². The highest BCUT2D eigenvalue weighted by atomic mass is 32.2. The van der Waals surface area contributed by atoms with Crippen LogP contribution in [-0.2, 0) is 40.3 Å². The number of ether oxygens (including phenoxy) is 2. The molecule has 2 fully saturated rings. The molecule has 2 saturated heterocycles. The first-order valence-corrected chi connectivity index (χ1v) is 27.0. The van der Waals surface area contributed by atoms with Gasteiger partial charge in [-0.2, -0.15) is 40.4 Å². The zero-order valence-electron chi connectivity index (χ0n) is 34.7. The summed E-state index contributed by atoms with van der Waals surface area (Å²) in [5.74, 6) is -9.45. The molecule has 0 saturated carbocycles. The van der Waals surface area contributed by atoms with Crippen molar-refractivity contribution in [2.24, 2.45) is 0 Å². The van der Waals surface area contributed by atoms with E-state index in [0.29, 0.717) is 8.61 Å². The Labute approximate surface area is 387 Å². The van der Waals surface area contributed by atoms with Crippen molar-refractivity contribution >= 4 is 87.0 Å². The lowest BCUT2D eigenvalue weighted by Gasteiger charge is -2.37. The van der Waals surface area contributed by atoms with Crippen molar-refractivity contribution in [2.75, 3.05) is 61.0 Å². The van der Waals surface area contributed by atoms with Crippen LogP contribution < -0.4 is 20.1 Å². The first kappa shape index (κ1) is 51.0. The third-order valence-corrected chi connectivity index (χ3v) is 18.1. The monoisotopic (exact) mass is 1030 g/mol. The summed E-state index contributed by atoms with van der Waals surface area (Å²) in [6.45, 7) is 0.762. The molecule has 0 radical (unpaired) electrons. The molecule has 358 valence electrons. The lowest BCUT2D eigenvalue weighted by molar-refractivity contribution is -0.215. The van der Waals surface area contributed by atoms with Gasteiger partial charge in [0, 0.05) is 53.0 Å². The second kappa shape index (κ2) is 18.9. The van der Waals surface area contributed by atoms with Gasteiger partial charge in [0.25, 0.3) is 52.1 Å². The van der Waals surface area contributed by atoms with E-state index >= 15 is 0 Å². The Morgan fingerprint density at radius 1 is 0.591 bits per heavy atom. The average Bonchev–Trinajstić information content (AvgIpc) is 3.24. The standard InChI is InChI=1S/C38H42N4O18S6/c1-22(27-8-6-25(18-31(27)65(53,54)55)39-35(43)23-4-10-29(59-2)33(16-23)63(49,50)41-12-14-61-20-37(41,45)46)28-9-7-26(19-32(28)66(56,57)58)40-36(44)24-5-11-30(60-3)34(17-24)64(51,52)42-13-15-62-21-38(42,47)48/h4-11,16-19,22,45-48H,12-15,20-21H2,1-3H3,(H,39,43)(H,40,44)(H,53,54,55)(H,56,57,58). The van der Waals surface area contributed by atoms with Crippen LogP contribution >= 0.6 is 23.5 Å². The van der Waals surface area contributed by atoms with Crippen LogP contribution in [0.3, 0.4) is 0 Å². The number of aliphatic hydroxyl groups is 4. The van der Waals surface area contributed by atoms with Gasteiger partial charge < -0.3 is 40.5 Å². The fraction of sp³-hybridized carbons (Fsp3) is 0.316. The van der Waals surface area contributed by atoms with Crippen molar-refractivity contribution in [1.29, 1.82) is 0 Å². The Kier molecular flexibility index (Phi) is 14.6. The number of benzene rings is 4. The molecule has 0 aromatic heterocycles. The smallest absolute Gasteiger partial charge is 0.294 e. The van der Waals surface area contributed by atoms with Crippen LogP contribution in [0.1, 0.15) is 44.7 Å². The van der Waals surface area contributed by atoms with Crippen LogP contribution in [0.15, 0.2) is 92.4 Å². The quantitative estimate of drug-likeness (QED) is 0.0657. The third-order valence-electron chi connectivity index (χ3n) is 10.3. The Morgan fingerprint density at radius 3 is 1.27 bits per heavy atom. The Balaban J connectivity index is 1.29. The van der Waals surface area contributed by atoms with E-state index < -0.39 is 89.4 Å². The minimum absolute atomic E-state index is 0.233. The second-order valence-corrected chi connectivity index (χ2v) is 23.3. The number of anilines is 2. The minimum Gasteiger partial charge on any atom is -0.495 e. The molecule has 0 unspecified atom stereocenters. The molecule has 0 aliphatic carbocycles. The Hall–Kier alpha value is -4.40. The van der Waals surface area contributed by atoms with Gasteiger partial charge in [0.2, 0.25) is 11.8 Å². The highest BCUT2D eigenvalue weighted by molar-refractivity contribution is 7.99. The van der Waals surface area contributed by atoms with Gasteiger partial charge in [-0.3, -0.25) is 18.7 Å². The molecule has 2 aliphatic rings. The highest BCUT2D eigenvalue weighted by Crippen LogP contribution is 2.38. The number of carbonyl (C=O) groups is 2. The number of rotatable bonds is 14. The van der Waals surface area contributed by atoms with E-state index in [4.69, 9.17) is 9.47 Å². The summed E-state index contributed by atoms with van der Waals surface area (Å²) in [4.78, 5) is 24.1. The molecule has 6 rings (SSSR count). The zero-order chi connectivity index (χ0) is 48.8. The normalized spacial score (nSPS) is 17.2. The summed E-state index contributed by atoms with van der Waals surface area (Å²) in [6.07, 6.45) is 0. The van der Waals surface area contributed by atoms with Crippen molar-refractivity contribution in [2.45, 2.75) is 44.2 Å². The van der Waals surface area contributed by atoms with Crippen LogP contribution in [0.25, 0.3) is 0 Å². The summed E-state index contributed by atoms with van der Waals surface area (Å²) in [5.41, 5.74) is -1.56. The molecule has 2 heterocycles. The molecule has 0 bridgehead atoms. The second-order valence-electron chi connectivity index (χ2n) is 14.6. The largest absolute Gasteiger partial charge is 0.495 e. The van der Waals surface area contributed by atoms with E-state index in [1.807, 2.05) is 0 Å². The topological polar surface area (TPSA) is 341 Å². The van der Waals surface area contributed by atoms with Crippen LogP contribution in [0.2, 0.25) is 0 Å². The van der Waals surface area contributed by atoms with E-state index in [-0.39, 0.29) is 81.2 Å². The van der Waals surface area contributed by atoms with Crippen LogP contribution in [0.5, 0.6) is 11.5 Å². The fourth-order valence-corrected chi connectivity index (χ4v) is 14.3. The minimum atomic E-state index is -5.16. The lowest BCUT2D eigenvalue weighted by Crippen LogP contribution is -2.56. The van der Waals surface area contributed by atoms with E-state index in [1.54, 1.807) is 0 Å². The summed E-state index contributed by atoms with van der Waals surface area (Å²) >= 11 is 2.21. The molecular weight excluding hydrogens is 993 g/mol. The number of nitrogens with zero attached hydrogens (tertiary/aromatic N) is 2. The van der Waals surface area contributed by atoms with Gasteiger partial charge in [0.05, 0.1) is 35.5 Å². The predicted molar refractivity (Wildman–Crippen MR) is 239 cm³/mol. The number of hydrogen-bond acceptors (Lipinski definition) is 18. The first-order chi connectivity index (χ1) is 30.6. The molecule has 66 heavy (non-hydrogen) atoms. The number of carbonyl (C=O) groups excluding carboxylic acids is 2. The molecule has 0 spiro atoms. The van der Waals surface area contributed by atoms with Gasteiger partial charge >= 0.3 is 0 Å². The van der Waals surface area contributed by atoms with Crippen LogP contribution in [0.4, 0.5) is 11.4 Å². The fourth-order valence-electron chi connectivity index (χ4n) is 7.08. The summed E-state index contributed by atoms with van der Waals surface area (Å²) in [5, 5.41) is 46.5. The lowest BCUT2D eigenvalue weighted by atomic mass is 9.92. The molecule has 4 aromatic rings. The molecule has 0 atom stereocenters. The molecule has 2 aliphatic heterocycles. The zero-order valence-corrected chi connectivity index (χ0v) is 39.6. The number of hydrogen-bond donors (Lipinski definition) is 8. The molecule has 8 N–H and O–H groups in total. The van der Waals surface area contributed by atoms with Gasteiger partial charge in [-0.25, -0.2) is 16.8 Å². The third kappa shape index (κ3) is 10.5. The number of nitrogens with one attached hydrogen (secondary N) is 2. The van der Waals surface area contributed by atoms with Crippen molar-refractivity contribution in [3.8, 4) is 11.5 Å². The number of methoxy groups -OCH3 is 2. The van der Waals surface area contributed by atoms with Gasteiger partial charge in [-0.1, -0.05) is 19.1 Å².